The maximum atomic E-state index is 13.3. The van der Waals surface area contributed by atoms with Gasteiger partial charge in [0.05, 0.1) is 6.20 Å². The van der Waals surface area contributed by atoms with Gasteiger partial charge in [0.25, 0.3) is 0 Å². The molecule has 0 fully saturated rings. The quantitative estimate of drug-likeness (QED) is 0.863. The van der Waals surface area contributed by atoms with E-state index in [2.05, 4.69) is 15.3 Å². The second-order valence-electron chi connectivity index (χ2n) is 3.46. The molecule has 0 saturated carbocycles. The number of nitrogens with zero attached hydrogens (tertiary/aromatic N) is 2. The standard InChI is InChI=1S/C11H10ClFN4/c1-6-8(13)3-2-4-9(6)16-10-7(12)5-15-11(14)17-10/h2-5H,1H3,(H3,14,15,16,17). The Kier molecular flexibility index (Phi) is 3.10. The second kappa shape index (κ2) is 4.55. The number of nitrogen functional groups attached to an aromatic ring is 1. The summed E-state index contributed by atoms with van der Waals surface area (Å²) in [5, 5.41) is 3.24. The smallest absolute Gasteiger partial charge is 0.222 e. The number of aromatic nitrogens is 2. The van der Waals surface area contributed by atoms with Gasteiger partial charge in [-0.05, 0) is 19.1 Å². The fraction of sp³-hybridized carbons (Fsp3) is 0.0909. The molecule has 0 aliphatic rings. The van der Waals surface area contributed by atoms with Crippen molar-refractivity contribution in [2.75, 3.05) is 11.1 Å². The number of hydrogen-bond donors (Lipinski definition) is 2. The predicted octanol–water partition coefficient (Wildman–Crippen LogP) is 2.90. The molecule has 2 rings (SSSR count). The Morgan fingerprint density at radius 1 is 1.41 bits per heavy atom. The molecule has 0 bridgehead atoms. The van der Waals surface area contributed by atoms with Gasteiger partial charge in [-0.25, -0.2) is 9.37 Å². The van der Waals surface area contributed by atoms with E-state index in [1.807, 2.05) is 0 Å². The van der Waals surface area contributed by atoms with Gasteiger partial charge in [-0.3, -0.25) is 0 Å². The zero-order chi connectivity index (χ0) is 12.4. The molecule has 0 aliphatic heterocycles. The molecule has 1 aromatic heterocycles. The van der Waals surface area contributed by atoms with Crippen LogP contribution in [-0.4, -0.2) is 9.97 Å². The summed E-state index contributed by atoms with van der Waals surface area (Å²) in [4.78, 5) is 7.68. The highest BCUT2D eigenvalue weighted by atomic mass is 35.5. The van der Waals surface area contributed by atoms with E-state index in [-0.39, 0.29) is 11.8 Å². The summed E-state index contributed by atoms with van der Waals surface area (Å²) < 4.78 is 13.3. The van der Waals surface area contributed by atoms with Gasteiger partial charge in [-0.1, -0.05) is 17.7 Å². The van der Waals surface area contributed by atoms with Crippen molar-refractivity contribution in [3.05, 3.63) is 40.8 Å². The average molecular weight is 253 g/mol. The third-order valence-corrected chi connectivity index (χ3v) is 2.56. The van der Waals surface area contributed by atoms with Gasteiger partial charge >= 0.3 is 0 Å². The minimum absolute atomic E-state index is 0.103. The van der Waals surface area contributed by atoms with Crippen LogP contribution in [-0.2, 0) is 0 Å². The van der Waals surface area contributed by atoms with Gasteiger partial charge in [0.15, 0.2) is 5.82 Å². The van der Waals surface area contributed by atoms with Crippen LogP contribution in [0.4, 0.5) is 21.8 Å². The molecule has 3 N–H and O–H groups in total. The molecule has 0 saturated heterocycles. The lowest BCUT2D eigenvalue weighted by molar-refractivity contribution is 0.619. The van der Waals surface area contributed by atoms with Gasteiger partial charge in [-0.2, -0.15) is 4.98 Å². The molecule has 0 atom stereocenters. The maximum Gasteiger partial charge on any atom is 0.222 e. The molecule has 0 aliphatic carbocycles. The first-order chi connectivity index (χ1) is 8.08. The summed E-state index contributed by atoms with van der Waals surface area (Å²) in [7, 11) is 0. The van der Waals surface area contributed by atoms with Gasteiger partial charge in [0.2, 0.25) is 5.95 Å². The Bertz CT molecular complexity index is 559. The van der Waals surface area contributed by atoms with Crippen LogP contribution in [0.5, 0.6) is 0 Å². The number of rotatable bonds is 2. The molecule has 0 unspecified atom stereocenters. The first kappa shape index (κ1) is 11.6. The molecule has 2 aromatic rings. The maximum absolute atomic E-state index is 13.3. The lowest BCUT2D eigenvalue weighted by Gasteiger charge is -2.10. The summed E-state index contributed by atoms with van der Waals surface area (Å²) in [5.74, 6) is 0.159. The monoisotopic (exact) mass is 252 g/mol. The lowest BCUT2D eigenvalue weighted by atomic mass is 10.2. The van der Waals surface area contributed by atoms with Crippen LogP contribution in [0.25, 0.3) is 0 Å². The van der Waals surface area contributed by atoms with Crippen LogP contribution in [0.1, 0.15) is 5.56 Å². The zero-order valence-corrected chi connectivity index (χ0v) is 9.79. The van der Waals surface area contributed by atoms with Gasteiger partial charge < -0.3 is 11.1 Å². The topological polar surface area (TPSA) is 63.8 Å². The molecule has 1 heterocycles. The van der Waals surface area contributed by atoms with E-state index in [0.717, 1.165) is 0 Å². The van der Waals surface area contributed by atoms with Crippen molar-refractivity contribution in [1.82, 2.24) is 9.97 Å². The van der Waals surface area contributed by atoms with E-state index >= 15 is 0 Å². The Labute approximate surface area is 103 Å². The number of anilines is 3. The highest BCUT2D eigenvalue weighted by Gasteiger charge is 2.07. The molecule has 0 amide bonds. The molecule has 88 valence electrons. The predicted molar refractivity (Wildman–Crippen MR) is 65.9 cm³/mol. The molecule has 6 heteroatoms. The normalized spacial score (nSPS) is 10.3. The fourth-order valence-electron chi connectivity index (χ4n) is 1.34. The molecular formula is C11H10ClFN4. The Balaban J connectivity index is 2.38. The largest absolute Gasteiger partial charge is 0.368 e. The van der Waals surface area contributed by atoms with E-state index < -0.39 is 0 Å². The van der Waals surface area contributed by atoms with Crippen LogP contribution in [0.15, 0.2) is 24.4 Å². The number of hydrogen-bond acceptors (Lipinski definition) is 4. The van der Waals surface area contributed by atoms with Crippen LogP contribution in [0.2, 0.25) is 5.02 Å². The van der Waals surface area contributed by atoms with Crippen LogP contribution in [0.3, 0.4) is 0 Å². The molecular weight excluding hydrogens is 243 g/mol. The molecule has 1 aromatic carbocycles. The Morgan fingerprint density at radius 2 is 2.18 bits per heavy atom. The Morgan fingerprint density at radius 3 is 2.94 bits per heavy atom. The van der Waals surface area contributed by atoms with Crippen molar-refractivity contribution in [3.63, 3.8) is 0 Å². The third kappa shape index (κ3) is 2.45. The number of nitrogens with one attached hydrogen (secondary N) is 1. The summed E-state index contributed by atoms with van der Waals surface area (Å²) >= 11 is 5.90. The van der Waals surface area contributed by atoms with E-state index in [0.29, 0.717) is 22.1 Å². The summed E-state index contributed by atoms with van der Waals surface area (Å²) in [6, 6.07) is 4.71. The summed E-state index contributed by atoms with van der Waals surface area (Å²) in [6.45, 7) is 1.66. The molecule has 0 spiro atoms. The lowest BCUT2D eigenvalue weighted by Crippen LogP contribution is -2.02. The highest BCUT2D eigenvalue weighted by molar-refractivity contribution is 6.32. The summed E-state index contributed by atoms with van der Waals surface area (Å²) in [6.07, 6.45) is 1.39. The van der Waals surface area contributed by atoms with E-state index in [9.17, 15) is 4.39 Å². The number of nitrogens with two attached hydrogens (primary N) is 1. The average Bonchev–Trinajstić information content (AvgIpc) is 2.30. The Hall–Kier alpha value is -1.88. The van der Waals surface area contributed by atoms with E-state index in [1.54, 1.807) is 19.1 Å². The van der Waals surface area contributed by atoms with Gasteiger partial charge in [0.1, 0.15) is 10.8 Å². The van der Waals surface area contributed by atoms with Crippen molar-refractivity contribution in [3.8, 4) is 0 Å². The molecule has 0 radical (unpaired) electrons. The first-order valence-corrected chi connectivity index (χ1v) is 5.26. The number of halogens is 2. The minimum Gasteiger partial charge on any atom is -0.368 e. The van der Waals surface area contributed by atoms with Crippen LogP contribution < -0.4 is 11.1 Å². The highest BCUT2D eigenvalue weighted by Crippen LogP contribution is 2.26. The first-order valence-electron chi connectivity index (χ1n) is 4.88. The van der Waals surface area contributed by atoms with Crippen molar-refractivity contribution < 1.29 is 4.39 Å². The van der Waals surface area contributed by atoms with Gasteiger partial charge in [-0.15, -0.1) is 0 Å². The van der Waals surface area contributed by atoms with Crippen molar-refractivity contribution in [1.29, 1.82) is 0 Å². The zero-order valence-electron chi connectivity index (χ0n) is 9.04. The summed E-state index contributed by atoms with van der Waals surface area (Å²) in [5.41, 5.74) is 6.53. The van der Waals surface area contributed by atoms with Crippen LogP contribution in [0, 0.1) is 12.7 Å². The minimum atomic E-state index is -0.298. The van der Waals surface area contributed by atoms with Crippen molar-refractivity contribution >= 4 is 29.1 Å². The number of benzene rings is 1. The SMILES string of the molecule is Cc1c(F)cccc1Nc1nc(N)ncc1Cl. The second-order valence-corrected chi connectivity index (χ2v) is 3.87. The van der Waals surface area contributed by atoms with E-state index in [1.165, 1.54) is 12.3 Å². The van der Waals surface area contributed by atoms with Gasteiger partial charge in [0, 0.05) is 11.3 Å². The van der Waals surface area contributed by atoms with Crippen molar-refractivity contribution in [2.45, 2.75) is 6.92 Å². The van der Waals surface area contributed by atoms with Crippen molar-refractivity contribution in [2.24, 2.45) is 0 Å². The van der Waals surface area contributed by atoms with Crippen LogP contribution >= 0.6 is 11.6 Å². The fourth-order valence-corrected chi connectivity index (χ4v) is 1.48. The third-order valence-electron chi connectivity index (χ3n) is 2.28. The molecule has 17 heavy (non-hydrogen) atoms. The van der Waals surface area contributed by atoms with E-state index in [4.69, 9.17) is 17.3 Å². The molecule has 4 nitrogen and oxygen atoms in total.